The van der Waals surface area contributed by atoms with Crippen LogP contribution in [0, 0.1) is 13.8 Å². The minimum absolute atomic E-state index is 0.250. The maximum Gasteiger partial charge on any atom is 0.290 e. The SMILES string of the molecule is Cc1ccc(N2CCNCC2)c(C)c1.O=CO. The first-order chi connectivity index (χ1) is 8.19. The molecule has 4 heteroatoms. The Hall–Kier alpha value is -1.55. The van der Waals surface area contributed by atoms with Gasteiger partial charge in [-0.2, -0.15) is 0 Å². The zero-order chi connectivity index (χ0) is 12.7. The Balaban J connectivity index is 0.000000437. The fourth-order valence-corrected chi connectivity index (χ4v) is 2.07. The van der Waals surface area contributed by atoms with Crippen LogP contribution in [0.3, 0.4) is 0 Å². The van der Waals surface area contributed by atoms with Crippen molar-refractivity contribution in [1.29, 1.82) is 0 Å². The predicted molar refractivity (Wildman–Crippen MR) is 69.7 cm³/mol. The molecule has 4 nitrogen and oxygen atoms in total. The van der Waals surface area contributed by atoms with E-state index in [2.05, 4.69) is 42.3 Å². The van der Waals surface area contributed by atoms with Gasteiger partial charge in [0.15, 0.2) is 0 Å². The van der Waals surface area contributed by atoms with Crippen LogP contribution in [0.2, 0.25) is 0 Å². The maximum atomic E-state index is 8.36. The Kier molecular flexibility index (Phi) is 5.49. The number of benzene rings is 1. The van der Waals surface area contributed by atoms with E-state index in [0.717, 1.165) is 26.2 Å². The molecule has 0 spiro atoms. The smallest absolute Gasteiger partial charge is 0.290 e. The Morgan fingerprint density at radius 1 is 1.29 bits per heavy atom. The van der Waals surface area contributed by atoms with Gasteiger partial charge in [0.05, 0.1) is 0 Å². The highest BCUT2D eigenvalue weighted by molar-refractivity contribution is 5.54. The van der Waals surface area contributed by atoms with Crippen molar-refractivity contribution in [1.82, 2.24) is 5.32 Å². The summed E-state index contributed by atoms with van der Waals surface area (Å²) in [6.45, 7) is 8.56. The molecule has 0 aromatic heterocycles. The third-order valence-electron chi connectivity index (χ3n) is 2.81. The van der Waals surface area contributed by atoms with Gasteiger partial charge in [-0.15, -0.1) is 0 Å². The molecule has 94 valence electrons. The molecule has 1 aromatic carbocycles. The molecular formula is C13H20N2O2. The van der Waals surface area contributed by atoms with Crippen LogP contribution in [0.4, 0.5) is 5.69 Å². The van der Waals surface area contributed by atoms with Gasteiger partial charge in [-0.25, -0.2) is 0 Å². The first-order valence-electron chi connectivity index (χ1n) is 5.80. The van der Waals surface area contributed by atoms with E-state index < -0.39 is 0 Å². The molecule has 0 atom stereocenters. The van der Waals surface area contributed by atoms with Crippen LogP contribution in [0.1, 0.15) is 11.1 Å². The molecule has 1 aliphatic rings. The lowest BCUT2D eigenvalue weighted by molar-refractivity contribution is -0.122. The van der Waals surface area contributed by atoms with Crippen LogP contribution in [0.25, 0.3) is 0 Å². The predicted octanol–water partition coefficient (Wildman–Crippen LogP) is 1.41. The first-order valence-corrected chi connectivity index (χ1v) is 5.80. The second-order valence-electron chi connectivity index (χ2n) is 4.13. The Morgan fingerprint density at radius 2 is 1.88 bits per heavy atom. The van der Waals surface area contributed by atoms with Crippen molar-refractivity contribution in [2.45, 2.75) is 13.8 Å². The molecule has 0 bridgehead atoms. The number of carboxylic acid groups (broad SMARTS) is 1. The highest BCUT2D eigenvalue weighted by Crippen LogP contribution is 2.21. The van der Waals surface area contributed by atoms with Crippen LogP contribution in [0.5, 0.6) is 0 Å². The van der Waals surface area contributed by atoms with Crippen molar-refractivity contribution in [2.75, 3.05) is 31.1 Å². The summed E-state index contributed by atoms with van der Waals surface area (Å²) in [5, 5.41) is 10.3. The van der Waals surface area contributed by atoms with Crippen LogP contribution in [-0.2, 0) is 4.79 Å². The number of nitrogens with one attached hydrogen (secondary N) is 1. The Bertz CT molecular complexity index is 360. The van der Waals surface area contributed by atoms with Gasteiger partial charge in [0.1, 0.15) is 0 Å². The zero-order valence-corrected chi connectivity index (χ0v) is 10.4. The highest BCUT2D eigenvalue weighted by atomic mass is 16.3. The normalized spacial score (nSPS) is 14.8. The lowest BCUT2D eigenvalue weighted by Crippen LogP contribution is -2.43. The number of hydrogen-bond donors (Lipinski definition) is 2. The Morgan fingerprint density at radius 3 is 2.41 bits per heavy atom. The summed E-state index contributed by atoms with van der Waals surface area (Å²) < 4.78 is 0. The topological polar surface area (TPSA) is 52.6 Å². The highest BCUT2D eigenvalue weighted by Gasteiger charge is 2.11. The van der Waals surface area contributed by atoms with E-state index in [1.807, 2.05) is 0 Å². The van der Waals surface area contributed by atoms with E-state index in [1.165, 1.54) is 16.8 Å². The van der Waals surface area contributed by atoms with Gasteiger partial charge in [0, 0.05) is 31.9 Å². The Labute approximate surface area is 102 Å². The fourth-order valence-electron chi connectivity index (χ4n) is 2.07. The van der Waals surface area contributed by atoms with Crippen molar-refractivity contribution in [3.8, 4) is 0 Å². The van der Waals surface area contributed by atoms with Gasteiger partial charge in [-0.1, -0.05) is 17.7 Å². The summed E-state index contributed by atoms with van der Waals surface area (Å²) in [6.07, 6.45) is 0. The number of rotatable bonds is 1. The molecule has 0 saturated carbocycles. The van der Waals surface area contributed by atoms with Crippen LogP contribution in [0.15, 0.2) is 18.2 Å². The summed E-state index contributed by atoms with van der Waals surface area (Å²) in [4.78, 5) is 10.8. The number of aryl methyl sites for hydroxylation is 2. The minimum atomic E-state index is -0.250. The molecule has 17 heavy (non-hydrogen) atoms. The second-order valence-corrected chi connectivity index (χ2v) is 4.13. The largest absolute Gasteiger partial charge is 0.483 e. The summed E-state index contributed by atoms with van der Waals surface area (Å²) >= 11 is 0. The monoisotopic (exact) mass is 236 g/mol. The third kappa shape index (κ3) is 4.07. The van der Waals surface area contributed by atoms with Crippen molar-refractivity contribution >= 4 is 12.2 Å². The standard InChI is InChI=1S/C12H18N2.CH2O2/c1-10-3-4-12(11(2)9-10)14-7-5-13-6-8-14;2-1-3/h3-4,9,13H,5-8H2,1-2H3;1H,(H,2,3). The zero-order valence-electron chi connectivity index (χ0n) is 10.4. The van der Waals surface area contributed by atoms with Gasteiger partial charge in [0.25, 0.3) is 6.47 Å². The summed E-state index contributed by atoms with van der Waals surface area (Å²) in [5.41, 5.74) is 4.14. The molecule has 0 amide bonds. The first kappa shape index (κ1) is 13.5. The summed E-state index contributed by atoms with van der Waals surface area (Å²) in [6, 6.07) is 6.71. The molecule has 1 aromatic rings. The van der Waals surface area contributed by atoms with E-state index in [0.29, 0.717) is 0 Å². The molecular weight excluding hydrogens is 216 g/mol. The van der Waals surface area contributed by atoms with Gasteiger partial charge < -0.3 is 15.3 Å². The lowest BCUT2D eigenvalue weighted by atomic mass is 10.1. The van der Waals surface area contributed by atoms with Gasteiger partial charge >= 0.3 is 0 Å². The summed E-state index contributed by atoms with van der Waals surface area (Å²) in [5.74, 6) is 0. The second kappa shape index (κ2) is 6.91. The average molecular weight is 236 g/mol. The van der Waals surface area contributed by atoms with Gasteiger partial charge in [-0.3, -0.25) is 4.79 Å². The molecule has 2 rings (SSSR count). The van der Waals surface area contributed by atoms with E-state index >= 15 is 0 Å². The van der Waals surface area contributed by atoms with Crippen LogP contribution >= 0.6 is 0 Å². The van der Waals surface area contributed by atoms with Crippen molar-refractivity contribution in [3.63, 3.8) is 0 Å². The summed E-state index contributed by atoms with van der Waals surface area (Å²) in [7, 11) is 0. The van der Waals surface area contributed by atoms with E-state index in [9.17, 15) is 0 Å². The minimum Gasteiger partial charge on any atom is -0.483 e. The van der Waals surface area contributed by atoms with Crippen molar-refractivity contribution in [2.24, 2.45) is 0 Å². The average Bonchev–Trinajstić information content (AvgIpc) is 2.31. The van der Waals surface area contributed by atoms with Crippen molar-refractivity contribution < 1.29 is 9.90 Å². The van der Waals surface area contributed by atoms with Crippen LogP contribution < -0.4 is 10.2 Å². The molecule has 0 radical (unpaired) electrons. The number of nitrogens with zero attached hydrogens (tertiary/aromatic N) is 1. The van der Waals surface area contributed by atoms with Gasteiger partial charge in [-0.05, 0) is 25.5 Å². The van der Waals surface area contributed by atoms with Crippen molar-refractivity contribution in [3.05, 3.63) is 29.3 Å². The number of hydrogen-bond acceptors (Lipinski definition) is 3. The molecule has 1 saturated heterocycles. The molecule has 1 heterocycles. The van der Waals surface area contributed by atoms with Crippen LogP contribution in [-0.4, -0.2) is 37.8 Å². The number of carbonyl (C=O) groups is 1. The van der Waals surface area contributed by atoms with E-state index in [1.54, 1.807) is 0 Å². The van der Waals surface area contributed by atoms with E-state index in [-0.39, 0.29) is 6.47 Å². The number of piperazine rings is 1. The molecule has 1 fully saturated rings. The third-order valence-corrected chi connectivity index (χ3v) is 2.81. The maximum absolute atomic E-state index is 8.36. The van der Waals surface area contributed by atoms with Gasteiger partial charge in [0.2, 0.25) is 0 Å². The van der Waals surface area contributed by atoms with E-state index in [4.69, 9.17) is 9.90 Å². The fraction of sp³-hybridized carbons (Fsp3) is 0.462. The molecule has 2 N–H and O–H groups in total. The quantitative estimate of drug-likeness (QED) is 0.724. The molecule has 0 aliphatic carbocycles. The number of anilines is 1. The molecule has 0 unspecified atom stereocenters. The molecule has 1 aliphatic heterocycles. The lowest BCUT2D eigenvalue weighted by Gasteiger charge is -2.30.